The van der Waals surface area contributed by atoms with E-state index in [0.717, 1.165) is 53.5 Å². The summed E-state index contributed by atoms with van der Waals surface area (Å²) < 4.78 is 3.36. The smallest absolute Gasteiger partial charge is 0.251 e. The standard InChI is InChI=1S/C21H29BrN2O/c1-5-6-7-18-20(16-8-10-17(22)11-9-16)19(21(23)25)15(4)24(18)13-12-14(2)3/h8-11,14H,5-7,12-13H2,1-4H3,(H2,23,25). The van der Waals surface area contributed by atoms with E-state index in [2.05, 4.69) is 53.4 Å². The number of carbonyl (C=O) groups excluding carboxylic acids is 1. The molecule has 0 saturated heterocycles. The average Bonchev–Trinajstić information content (AvgIpc) is 2.83. The second-order valence-electron chi connectivity index (χ2n) is 7.09. The molecule has 0 bridgehead atoms. The summed E-state index contributed by atoms with van der Waals surface area (Å²) in [5.41, 5.74) is 10.8. The van der Waals surface area contributed by atoms with Gasteiger partial charge in [0.15, 0.2) is 0 Å². The molecule has 3 nitrogen and oxygen atoms in total. The van der Waals surface area contributed by atoms with Gasteiger partial charge in [-0.3, -0.25) is 4.79 Å². The minimum absolute atomic E-state index is 0.337. The zero-order valence-corrected chi connectivity index (χ0v) is 17.3. The van der Waals surface area contributed by atoms with Crippen molar-refractivity contribution in [2.75, 3.05) is 0 Å². The van der Waals surface area contributed by atoms with Crippen LogP contribution in [-0.4, -0.2) is 10.5 Å². The van der Waals surface area contributed by atoms with Gasteiger partial charge in [-0.2, -0.15) is 0 Å². The minimum Gasteiger partial charge on any atom is -0.366 e. The molecule has 1 aromatic heterocycles. The maximum Gasteiger partial charge on any atom is 0.251 e. The molecule has 25 heavy (non-hydrogen) atoms. The monoisotopic (exact) mass is 404 g/mol. The largest absolute Gasteiger partial charge is 0.366 e. The Kier molecular flexibility index (Phi) is 6.88. The Morgan fingerprint density at radius 1 is 1.24 bits per heavy atom. The van der Waals surface area contributed by atoms with E-state index in [1.54, 1.807) is 0 Å². The number of benzene rings is 1. The highest BCUT2D eigenvalue weighted by Gasteiger charge is 2.24. The Labute approximate surface area is 159 Å². The first-order chi connectivity index (χ1) is 11.9. The van der Waals surface area contributed by atoms with Crippen molar-refractivity contribution in [1.82, 2.24) is 4.57 Å². The number of rotatable bonds is 8. The summed E-state index contributed by atoms with van der Waals surface area (Å²) in [4.78, 5) is 12.3. The van der Waals surface area contributed by atoms with Gasteiger partial charge in [-0.05, 0) is 49.8 Å². The van der Waals surface area contributed by atoms with E-state index in [1.807, 2.05) is 19.1 Å². The molecule has 1 aromatic carbocycles. The predicted molar refractivity (Wildman–Crippen MR) is 109 cm³/mol. The van der Waals surface area contributed by atoms with Crippen molar-refractivity contribution in [2.24, 2.45) is 11.7 Å². The summed E-state index contributed by atoms with van der Waals surface area (Å²) in [5.74, 6) is 0.283. The predicted octanol–water partition coefficient (Wildman–Crippen LogP) is 5.71. The maximum atomic E-state index is 12.3. The summed E-state index contributed by atoms with van der Waals surface area (Å²) in [6, 6.07) is 8.16. The highest BCUT2D eigenvalue weighted by molar-refractivity contribution is 9.10. The fourth-order valence-corrected chi connectivity index (χ4v) is 3.59. The summed E-state index contributed by atoms with van der Waals surface area (Å²) in [7, 11) is 0. The maximum absolute atomic E-state index is 12.3. The van der Waals surface area contributed by atoms with Gasteiger partial charge < -0.3 is 10.3 Å². The molecule has 0 radical (unpaired) electrons. The van der Waals surface area contributed by atoms with Crippen LogP contribution < -0.4 is 5.73 Å². The molecule has 0 aliphatic rings. The molecule has 0 atom stereocenters. The van der Waals surface area contributed by atoms with Crippen LogP contribution >= 0.6 is 15.9 Å². The Morgan fingerprint density at radius 2 is 1.88 bits per heavy atom. The molecular weight excluding hydrogens is 376 g/mol. The molecule has 2 aromatic rings. The van der Waals surface area contributed by atoms with Gasteiger partial charge in [0.2, 0.25) is 0 Å². The molecule has 4 heteroatoms. The van der Waals surface area contributed by atoms with E-state index in [0.29, 0.717) is 11.5 Å². The van der Waals surface area contributed by atoms with E-state index in [4.69, 9.17) is 5.73 Å². The van der Waals surface area contributed by atoms with Crippen LogP contribution in [0.15, 0.2) is 28.7 Å². The summed E-state index contributed by atoms with van der Waals surface area (Å²) in [6.45, 7) is 9.62. The average molecular weight is 405 g/mol. The second-order valence-corrected chi connectivity index (χ2v) is 8.01. The first kappa shape index (κ1) is 19.8. The van der Waals surface area contributed by atoms with Crippen LogP contribution in [0.3, 0.4) is 0 Å². The summed E-state index contributed by atoms with van der Waals surface area (Å²) >= 11 is 3.49. The lowest BCUT2D eigenvalue weighted by molar-refractivity contribution is 0.1000. The topological polar surface area (TPSA) is 48.0 Å². The zero-order chi connectivity index (χ0) is 18.6. The number of nitrogens with zero attached hydrogens (tertiary/aromatic N) is 1. The van der Waals surface area contributed by atoms with Gasteiger partial charge in [-0.1, -0.05) is 55.3 Å². The van der Waals surface area contributed by atoms with E-state index >= 15 is 0 Å². The van der Waals surface area contributed by atoms with E-state index in [-0.39, 0.29) is 5.91 Å². The van der Waals surface area contributed by atoms with Crippen LogP contribution in [-0.2, 0) is 13.0 Å². The fraction of sp³-hybridized carbons (Fsp3) is 0.476. The Bertz CT molecular complexity index is 729. The normalized spacial score (nSPS) is 11.3. The van der Waals surface area contributed by atoms with Crippen LogP contribution in [0.2, 0.25) is 0 Å². The lowest BCUT2D eigenvalue weighted by Crippen LogP contribution is -2.13. The van der Waals surface area contributed by atoms with Crippen LogP contribution in [0.1, 0.15) is 61.8 Å². The van der Waals surface area contributed by atoms with E-state index in [9.17, 15) is 4.79 Å². The Hall–Kier alpha value is -1.55. The highest BCUT2D eigenvalue weighted by atomic mass is 79.9. The van der Waals surface area contributed by atoms with Gasteiger partial charge in [-0.25, -0.2) is 0 Å². The van der Waals surface area contributed by atoms with Gasteiger partial charge in [0.1, 0.15) is 0 Å². The van der Waals surface area contributed by atoms with Crippen molar-refractivity contribution in [1.29, 1.82) is 0 Å². The van der Waals surface area contributed by atoms with Crippen molar-refractivity contribution >= 4 is 21.8 Å². The number of primary amides is 1. The molecule has 0 fully saturated rings. The van der Waals surface area contributed by atoms with Crippen LogP contribution in [0.4, 0.5) is 0 Å². The lowest BCUT2D eigenvalue weighted by atomic mass is 9.97. The minimum atomic E-state index is -0.337. The Balaban J connectivity index is 2.65. The van der Waals surface area contributed by atoms with Crippen molar-refractivity contribution in [2.45, 2.75) is 59.9 Å². The van der Waals surface area contributed by atoms with Crippen molar-refractivity contribution in [3.05, 3.63) is 45.7 Å². The van der Waals surface area contributed by atoms with Crippen LogP contribution in [0.25, 0.3) is 11.1 Å². The van der Waals surface area contributed by atoms with Crippen LogP contribution in [0, 0.1) is 12.8 Å². The summed E-state index contributed by atoms with van der Waals surface area (Å²) in [5, 5.41) is 0. The fourth-order valence-electron chi connectivity index (χ4n) is 3.32. The third kappa shape index (κ3) is 4.55. The van der Waals surface area contributed by atoms with Gasteiger partial charge in [0.25, 0.3) is 5.91 Å². The first-order valence-corrected chi connectivity index (χ1v) is 9.93. The molecular formula is C21H29BrN2O. The first-order valence-electron chi connectivity index (χ1n) is 9.14. The Morgan fingerprint density at radius 3 is 2.40 bits per heavy atom. The van der Waals surface area contributed by atoms with Crippen LogP contribution in [0.5, 0.6) is 0 Å². The summed E-state index contributed by atoms with van der Waals surface area (Å²) in [6.07, 6.45) is 4.29. The van der Waals surface area contributed by atoms with E-state index < -0.39 is 0 Å². The lowest BCUT2D eigenvalue weighted by Gasteiger charge is -2.14. The molecule has 0 saturated carbocycles. The molecule has 2 N–H and O–H groups in total. The number of nitrogens with two attached hydrogens (primary N) is 1. The molecule has 0 aliphatic carbocycles. The van der Waals surface area contributed by atoms with Gasteiger partial charge in [-0.15, -0.1) is 0 Å². The van der Waals surface area contributed by atoms with Gasteiger partial charge in [0, 0.05) is 28.0 Å². The second kappa shape index (κ2) is 8.70. The van der Waals surface area contributed by atoms with Crippen molar-refractivity contribution in [3.8, 4) is 11.1 Å². The van der Waals surface area contributed by atoms with E-state index in [1.165, 1.54) is 5.69 Å². The van der Waals surface area contributed by atoms with Crippen molar-refractivity contribution in [3.63, 3.8) is 0 Å². The number of amides is 1. The van der Waals surface area contributed by atoms with Gasteiger partial charge >= 0.3 is 0 Å². The quantitative estimate of drug-likeness (QED) is 0.601. The molecule has 1 heterocycles. The molecule has 1 amide bonds. The number of carbonyl (C=O) groups is 1. The molecule has 0 unspecified atom stereocenters. The molecule has 2 rings (SSSR count). The number of hydrogen-bond acceptors (Lipinski definition) is 1. The zero-order valence-electron chi connectivity index (χ0n) is 15.7. The molecule has 0 aliphatic heterocycles. The molecule has 136 valence electrons. The number of hydrogen-bond donors (Lipinski definition) is 1. The van der Waals surface area contributed by atoms with Gasteiger partial charge in [0.05, 0.1) is 5.56 Å². The number of unbranched alkanes of at least 4 members (excludes halogenated alkanes) is 1. The third-order valence-electron chi connectivity index (χ3n) is 4.71. The molecule has 0 spiro atoms. The highest BCUT2D eigenvalue weighted by Crippen LogP contribution is 2.35. The number of halogens is 1. The SMILES string of the molecule is CCCCc1c(-c2ccc(Br)cc2)c(C(N)=O)c(C)n1CCC(C)C. The van der Waals surface area contributed by atoms with Crippen molar-refractivity contribution < 1.29 is 4.79 Å². The third-order valence-corrected chi connectivity index (χ3v) is 5.24. The number of aromatic nitrogens is 1.